The van der Waals surface area contributed by atoms with E-state index in [0.717, 1.165) is 17.6 Å². The van der Waals surface area contributed by atoms with Gasteiger partial charge in [0.1, 0.15) is 5.76 Å². The van der Waals surface area contributed by atoms with E-state index in [-0.39, 0.29) is 5.76 Å². The van der Waals surface area contributed by atoms with E-state index >= 15 is 0 Å². The van der Waals surface area contributed by atoms with Gasteiger partial charge in [-0.05, 0) is 30.6 Å². The summed E-state index contributed by atoms with van der Waals surface area (Å²) in [5.41, 5.74) is 2.02. The van der Waals surface area contributed by atoms with Crippen molar-refractivity contribution in [1.29, 1.82) is 0 Å². The Hall–Kier alpha value is -1.76. The zero-order chi connectivity index (χ0) is 12.4. The molecule has 0 radical (unpaired) electrons. The molecule has 0 atom stereocenters. The van der Waals surface area contributed by atoms with Crippen LogP contribution in [0.15, 0.2) is 72.6 Å². The van der Waals surface area contributed by atoms with E-state index in [2.05, 4.69) is 26.2 Å². The fourth-order valence-corrected chi connectivity index (χ4v) is 1.13. The first-order chi connectivity index (χ1) is 7.65. The molecule has 1 nitrogen and oxygen atoms in total. The average Bonchev–Trinajstić information content (AvgIpc) is 2.27. The van der Waals surface area contributed by atoms with Crippen molar-refractivity contribution in [2.45, 2.75) is 20.3 Å². The van der Waals surface area contributed by atoms with Gasteiger partial charge in [-0.25, -0.2) is 0 Å². The summed E-state index contributed by atoms with van der Waals surface area (Å²) in [4.78, 5) is 0. The molecule has 0 aromatic carbocycles. The fourth-order valence-electron chi connectivity index (χ4n) is 1.13. The molecule has 0 spiro atoms. The van der Waals surface area contributed by atoms with Crippen LogP contribution in [-0.2, 0) is 0 Å². The molecular weight excluding hydrogens is 196 g/mol. The van der Waals surface area contributed by atoms with Crippen LogP contribution in [0.4, 0.5) is 0 Å². The van der Waals surface area contributed by atoms with Crippen LogP contribution >= 0.6 is 0 Å². The van der Waals surface area contributed by atoms with E-state index in [1.807, 2.05) is 31.2 Å². The summed E-state index contributed by atoms with van der Waals surface area (Å²) < 4.78 is 0. The van der Waals surface area contributed by atoms with E-state index in [9.17, 15) is 0 Å². The van der Waals surface area contributed by atoms with Gasteiger partial charge in [-0.15, -0.1) is 0 Å². The summed E-state index contributed by atoms with van der Waals surface area (Å²) in [6.07, 6.45) is 14.2. The molecule has 0 unspecified atom stereocenters. The number of hydrogen-bond acceptors (Lipinski definition) is 1. The van der Waals surface area contributed by atoms with Crippen molar-refractivity contribution in [2.75, 3.05) is 0 Å². The first kappa shape index (κ1) is 14.2. The van der Waals surface area contributed by atoms with Crippen molar-refractivity contribution in [3.05, 3.63) is 72.6 Å². The second kappa shape index (κ2) is 8.54. The molecule has 1 heteroatoms. The second-order valence-electron chi connectivity index (χ2n) is 3.23. The van der Waals surface area contributed by atoms with Crippen LogP contribution in [-0.4, -0.2) is 5.11 Å². The monoisotopic (exact) mass is 216 g/mol. The van der Waals surface area contributed by atoms with Gasteiger partial charge in [-0.1, -0.05) is 56.5 Å². The highest BCUT2D eigenvalue weighted by Gasteiger charge is 1.94. The predicted molar refractivity (Wildman–Crippen MR) is 72.4 cm³/mol. The molecule has 0 fully saturated rings. The molecule has 0 saturated heterocycles. The topological polar surface area (TPSA) is 20.2 Å². The molecule has 0 aromatic heterocycles. The van der Waals surface area contributed by atoms with E-state index < -0.39 is 0 Å². The van der Waals surface area contributed by atoms with Gasteiger partial charge < -0.3 is 5.11 Å². The standard InChI is InChI=1S/C15H20O/c1-5-8-9-10-14(6-2)15(7-3)12-11-13(4)16/h6-12,16H,2,4-5H2,1,3H3/b9-8-,12-11-,14-10+,15-7+. The van der Waals surface area contributed by atoms with Crippen LogP contribution in [0.5, 0.6) is 0 Å². The maximum Gasteiger partial charge on any atom is 0.108 e. The minimum atomic E-state index is 0.0480. The summed E-state index contributed by atoms with van der Waals surface area (Å²) in [6.45, 7) is 11.2. The van der Waals surface area contributed by atoms with Crippen molar-refractivity contribution < 1.29 is 5.11 Å². The van der Waals surface area contributed by atoms with Crippen LogP contribution in [0.25, 0.3) is 0 Å². The number of allylic oxidation sites excluding steroid dienone is 9. The van der Waals surface area contributed by atoms with Crippen molar-refractivity contribution >= 4 is 0 Å². The highest BCUT2D eigenvalue weighted by atomic mass is 16.3. The molecule has 0 aliphatic carbocycles. The minimum absolute atomic E-state index is 0.0480. The van der Waals surface area contributed by atoms with Gasteiger partial charge in [0.05, 0.1) is 0 Å². The first-order valence-corrected chi connectivity index (χ1v) is 5.37. The number of aliphatic hydroxyl groups excluding tert-OH is 1. The van der Waals surface area contributed by atoms with Gasteiger partial charge in [0.2, 0.25) is 0 Å². The maximum atomic E-state index is 9.00. The molecule has 0 heterocycles. The van der Waals surface area contributed by atoms with Crippen LogP contribution in [0.3, 0.4) is 0 Å². The van der Waals surface area contributed by atoms with Crippen LogP contribution in [0, 0.1) is 0 Å². The Labute approximate surface area is 98.5 Å². The number of rotatable bonds is 6. The largest absolute Gasteiger partial charge is 0.509 e. The molecule has 0 aliphatic heterocycles. The van der Waals surface area contributed by atoms with Crippen LogP contribution < -0.4 is 0 Å². The lowest BCUT2D eigenvalue weighted by atomic mass is 10.0. The third kappa shape index (κ3) is 5.86. The Morgan fingerprint density at radius 1 is 1.25 bits per heavy atom. The van der Waals surface area contributed by atoms with E-state index in [1.54, 1.807) is 12.2 Å². The Morgan fingerprint density at radius 2 is 1.94 bits per heavy atom. The molecular formula is C15H20O. The molecule has 1 N–H and O–H groups in total. The number of aliphatic hydroxyl groups is 1. The van der Waals surface area contributed by atoms with Crippen LogP contribution in [0.1, 0.15) is 20.3 Å². The van der Waals surface area contributed by atoms with Gasteiger partial charge in [-0.2, -0.15) is 0 Å². The van der Waals surface area contributed by atoms with E-state index in [1.165, 1.54) is 0 Å². The zero-order valence-electron chi connectivity index (χ0n) is 10.1. The van der Waals surface area contributed by atoms with E-state index in [0.29, 0.717) is 0 Å². The van der Waals surface area contributed by atoms with Crippen LogP contribution in [0.2, 0.25) is 0 Å². The van der Waals surface area contributed by atoms with Crippen molar-refractivity contribution in [2.24, 2.45) is 0 Å². The smallest absolute Gasteiger partial charge is 0.108 e. The Bertz CT molecular complexity index is 352. The van der Waals surface area contributed by atoms with Crippen molar-refractivity contribution in [1.82, 2.24) is 0 Å². The maximum absolute atomic E-state index is 9.00. The first-order valence-electron chi connectivity index (χ1n) is 5.37. The molecule has 86 valence electrons. The molecule has 0 amide bonds. The fraction of sp³-hybridized carbons (Fsp3) is 0.200. The predicted octanol–water partition coefficient (Wildman–Crippen LogP) is 4.64. The lowest BCUT2D eigenvalue weighted by Crippen LogP contribution is -1.82. The quantitative estimate of drug-likeness (QED) is 0.506. The van der Waals surface area contributed by atoms with Crippen molar-refractivity contribution in [3.8, 4) is 0 Å². The third-order valence-corrected chi connectivity index (χ3v) is 1.97. The summed E-state index contributed by atoms with van der Waals surface area (Å²) in [5.74, 6) is 0.0480. The highest BCUT2D eigenvalue weighted by molar-refractivity contribution is 5.47. The molecule has 0 aromatic rings. The van der Waals surface area contributed by atoms with Crippen molar-refractivity contribution in [3.63, 3.8) is 0 Å². The normalized spacial score (nSPS) is 13.6. The molecule has 0 bridgehead atoms. The summed E-state index contributed by atoms with van der Waals surface area (Å²) >= 11 is 0. The molecule has 16 heavy (non-hydrogen) atoms. The highest BCUT2D eigenvalue weighted by Crippen LogP contribution is 2.13. The van der Waals surface area contributed by atoms with E-state index in [4.69, 9.17) is 5.11 Å². The third-order valence-electron chi connectivity index (χ3n) is 1.97. The second-order valence-corrected chi connectivity index (χ2v) is 3.23. The average molecular weight is 216 g/mol. The minimum Gasteiger partial charge on any atom is -0.509 e. The van der Waals surface area contributed by atoms with Gasteiger partial charge in [0, 0.05) is 0 Å². The SMILES string of the molecule is C=CC(=C\C=C/CC)/C(/C=C\C(=C)O)=C/C. The van der Waals surface area contributed by atoms with Gasteiger partial charge >= 0.3 is 0 Å². The summed E-state index contributed by atoms with van der Waals surface area (Å²) in [5, 5.41) is 9.00. The summed E-state index contributed by atoms with van der Waals surface area (Å²) in [6, 6.07) is 0. The molecule has 0 aliphatic rings. The Morgan fingerprint density at radius 3 is 2.38 bits per heavy atom. The Kier molecular flexibility index (Phi) is 7.60. The molecule has 0 saturated carbocycles. The Balaban J connectivity index is 4.91. The lowest BCUT2D eigenvalue weighted by Gasteiger charge is -2.01. The van der Waals surface area contributed by atoms with Gasteiger partial charge in [-0.3, -0.25) is 0 Å². The lowest BCUT2D eigenvalue weighted by molar-refractivity contribution is 0.435. The number of hydrogen-bond donors (Lipinski definition) is 1. The van der Waals surface area contributed by atoms with Gasteiger partial charge in [0.25, 0.3) is 0 Å². The van der Waals surface area contributed by atoms with Gasteiger partial charge in [0.15, 0.2) is 0 Å². The molecule has 0 rings (SSSR count). The summed E-state index contributed by atoms with van der Waals surface area (Å²) in [7, 11) is 0. The zero-order valence-corrected chi connectivity index (χ0v) is 10.1.